The van der Waals surface area contributed by atoms with E-state index in [-0.39, 0.29) is 0 Å². The molecule has 6 nitrogen and oxygen atoms in total. The highest BCUT2D eigenvalue weighted by atomic mass is 16.5. The van der Waals surface area contributed by atoms with Crippen molar-refractivity contribution in [1.82, 2.24) is 4.98 Å². The minimum atomic E-state index is -0.465. The second-order valence-corrected chi connectivity index (χ2v) is 4.48. The summed E-state index contributed by atoms with van der Waals surface area (Å²) < 4.78 is 10.3. The van der Waals surface area contributed by atoms with Gasteiger partial charge in [0.2, 0.25) is 0 Å². The molecule has 0 unspecified atom stereocenters. The summed E-state index contributed by atoms with van der Waals surface area (Å²) in [6, 6.07) is 3.83. The van der Waals surface area contributed by atoms with Crippen molar-refractivity contribution < 1.29 is 9.15 Å². The minimum Gasteiger partial charge on any atom is -0.408 e. The van der Waals surface area contributed by atoms with E-state index in [2.05, 4.69) is 10.3 Å². The Morgan fingerprint density at radius 1 is 1.33 bits per heavy atom. The molecule has 0 bridgehead atoms. The molecule has 4 N–H and O–H groups in total. The molecule has 1 saturated heterocycles. The van der Waals surface area contributed by atoms with Gasteiger partial charge in [0, 0.05) is 25.3 Å². The van der Waals surface area contributed by atoms with E-state index >= 15 is 0 Å². The maximum Gasteiger partial charge on any atom is 0.417 e. The number of hydrogen-bond donors (Lipinski definition) is 3. The number of ether oxygens (including phenoxy) is 1. The maximum absolute atomic E-state index is 11.1. The lowest BCUT2D eigenvalue weighted by molar-refractivity contribution is 0.0904. The van der Waals surface area contributed by atoms with Crippen molar-refractivity contribution in [3.05, 3.63) is 22.7 Å². The van der Waals surface area contributed by atoms with Gasteiger partial charge >= 0.3 is 5.76 Å². The van der Waals surface area contributed by atoms with Crippen LogP contribution in [0.5, 0.6) is 0 Å². The zero-order valence-electron chi connectivity index (χ0n) is 9.86. The maximum atomic E-state index is 11.1. The molecule has 0 saturated carbocycles. The van der Waals surface area contributed by atoms with Crippen LogP contribution in [-0.4, -0.2) is 24.2 Å². The van der Waals surface area contributed by atoms with Gasteiger partial charge in [0.25, 0.3) is 0 Å². The molecule has 1 aromatic heterocycles. The number of benzene rings is 1. The number of nitrogen functional groups attached to an aromatic ring is 1. The quantitative estimate of drug-likeness (QED) is 0.697. The smallest absolute Gasteiger partial charge is 0.408 e. The van der Waals surface area contributed by atoms with Crippen molar-refractivity contribution in [3.8, 4) is 0 Å². The van der Waals surface area contributed by atoms with E-state index in [0.717, 1.165) is 31.7 Å². The van der Waals surface area contributed by atoms with Gasteiger partial charge in [-0.05, 0) is 18.9 Å². The van der Waals surface area contributed by atoms with Gasteiger partial charge in [0.1, 0.15) is 0 Å². The number of rotatable bonds is 2. The molecule has 0 amide bonds. The molecule has 96 valence electrons. The van der Waals surface area contributed by atoms with Gasteiger partial charge in [-0.25, -0.2) is 4.79 Å². The zero-order chi connectivity index (χ0) is 12.5. The van der Waals surface area contributed by atoms with Gasteiger partial charge < -0.3 is 20.2 Å². The van der Waals surface area contributed by atoms with E-state index in [1.807, 2.05) is 6.07 Å². The fourth-order valence-corrected chi connectivity index (χ4v) is 2.20. The average molecular weight is 249 g/mol. The number of anilines is 2. The van der Waals surface area contributed by atoms with Gasteiger partial charge in [-0.1, -0.05) is 0 Å². The highest BCUT2D eigenvalue weighted by Gasteiger charge is 2.15. The van der Waals surface area contributed by atoms with Crippen LogP contribution >= 0.6 is 0 Å². The third kappa shape index (κ3) is 2.06. The Balaban J connectivity index is 1.90. The van der Waals surface area contributed by atoms with Gasteiger partial charge in [-0.2, -0.15) is 0 Å². The van der Waals surface area contributed by atoms with Gasteiger partial charge in [0.05, 0.1) is 16.9 Å². The SMILES string of the molecule is Nc1cc2oc(=O)[nH]c2cc1NC1CCOCC1. The molecular formula is C12H15N3O3. The predicted molar refractivity (Wildman–Crippen MR) is 68.7 cm³/mol. The third-order valence-corrected chi connectivity index (χ3v) is 3.17. The number of hydrogen-bond acceptors (Lipinski definition) is 5. The van der Waals surface area contributed by atoms with Crippen molar-refractivity contribution >= 4 is 22.5 Å². The second-order valence-electron chi connectivity index (χ2n) is 4.48. The Kier molecular flexibility index (Phi) is 2.71. The summed E-state index contributed by atoms with van der Waals surface area (Å²) in [6.45, 7) is 1.53. The fourth-order valence-electron chi connectivity index (χ4n) is 2.20. The monoisotopic (exact) mass is 249 g/mol. The summed E-state index contributed by atoms with van der Waals surface area (Å²) in [5, 5.41) is 3.38. The lowest BCUT2D eigenvalue weighted by Crippen LogP contribution is -2.28. The van der Waals surface area contributed by atoms with Gasteiger partial charge in [-0.3, -0.25) is 4.98 Å². The molecule has 2 aromatic rings. The second kappa shape index (κ2) is 4.38. The highest BCUT2D eigenvalue weighted by molar-refractivity contribution is 5.85. The van der Waals surface area contributed by atoms with E-state index in [1.54, 1.807) is 6.07 Å². The van der Waals surface area contributed by atoms with E-state index in [4.69, 9.17) is 14.9 Å². The number of nitrogens with two attached hydrogens (primary N) is 1. The molecule has 0 aliphatic carbocycles. The number of aromatic nitrogens is 1. The molecule has 0 atom stereocenters. The topological polar surface area (TPSA) is 93.3 Å². The normalized spacial score (nSPS) is 17.1. The number of fused-ring (bicyclic) bond motifs is 1. The molecule has 0 spiro atoms. The Morgan fingerprint density at radius 2 is 2.11 bits per heavy atom. The summed E-state index contributed by atoms with van der Waals surface area (Å²) in [5.74, 6) is -0.465. The summed E-state index contributed by atoms with van der Waals surface area (Å²) in [5.41, 5.74) is 8.49. The molecule has 1 aliphatic heterocycles. The predicted octanol–water partition coefficient (Wildman–Crippen LogP) is 1.29. The average Bonchev–Trinajstić information content (AvgIpc) is 2.70. The molecule has 1 fully saturated rings. The molecule has 6 heteroatoms. The standard InChI is InChI=1S/C12H15N3O3/c13-8-5-11-10(15-12(16)18-11)6-9(8)14-7-1-3-17-4-2-7/h5-7,14H,1-4,13H2,(H,15,16). The highest BCUT2D eigenvalue weighted by Crippen LogP contribution is 2.26. The lowest BCUT2D eigenvalue weighted by atomic mass is 10.1. The van der Waals surface area contributed by atoms with Crippen LogP contribution < -0.4 is 16.8 Å². The first kappa shape index (κ1) is 11.2. The largest absolute Gasteiger partial charge is 0.417 e. The number of H-pyrrole nitrogens is 1. The van der Waals surface area contributed by atoms with E-state index < -0.39 is 5.76 Å². The molecule has 1 aromatic carbocycles. The van der Waals surface area contributed by atoms with Crippen molar-refractivity contribution in [1.29, 1.82) is 0 Å². The summed E-state index contributed by atoms with van der Waals surface area (Å²) >= 11 is 0. The Bertz CT molecular complexity index is 611. The van der Waals surface area contributed by atoms with Crippen molar-refractivity contribution in [2.24, 2.45) is 0 Å². The van der Waals surface area contributed by atoms with Gasteiger partial charge in [-0.15, -0.1) is 0 Å². The van der Waals surface area contributed by atoms with Crippen LogP contribution in [0.3, 0.4) is 0 Å². The van der Waals surface area contributed by atoms with Crippen LogP contribution in [0.25, 0.3) is 11.1 Å². The zero-order valence-corrected chi connectivity index (χ0v) is 9.86. The minimum absolute atomic E-state index is 0.358. The third-order valence-electron chi connectivity index (χ3n) is 3.17. The number of nitrogens with one attached hydrogen (secondary N) is 2. The summed E-state index contributed by atoms with van der Waals surface area (Å²) in [7, 11) is 0. The van der Waals surface area contributed by atoms with Gasteiger partial charge in [0.15, 0.2) is 5.58 Å². The first-order valence-corrected chi connectivity index (χ1v) is 5.99. The van der Waals surface area contributed by atoms with Crippen LogP contribution in [0.1, 0.15) is 12.8 Å². The Hall–Kier alpha value is -1.95. The first-order chi connectivity index (χ1) is 8.72. The van der Waals surface area contributed by atoms with Crippen molar-refractivity contribution in [3.63, 3.8) is 0 Å². The molecule has 2 heterocycles. The Morgan fingerprint density at radius 3 is 2.89 bits per heavy atom. The fraction of sp³-hybridized carbons (Fsp3) is 0.417. The van der Waals surface area contributed by atoms with Crippen LogP contribution in [0.2, 0.25) is 0 Å². The van der Waals surface area contributed by atoms with E-state index in [1.165, 1.54) is 0 Å². The van der Waals surface area contributed by atoms with E-state index in [9.17, 15) is 4.79 Å². The van der Waals surface area contributed by atoms with Crippen LogP contribution in [0, 0.1) is 0 Å². The van der Waals surface area contributed by atoms with Crippen LogP contribution in [0.15, 0.2) is 21.3 Å². The molecule has 3 rings (SSSR count). The van der Waals surface area contributed by atoms with Crippen molar-refractivity contribution in [2.45, 2.75) is 18.9 Å². The summed E-state index contributed by atoms with van der Waals surface area (Å²) in [4.78, 5) is 13.7. The van der Waals surface area contributed by atoms with Crippen LogP contribution in [0.4, 0.5) is 11.4 Å². The Labute approximate surface area is 103 Å². The molecular weight excluding hydrogens is 234 g/mol. The number of aromatic amines is 1. The van der Waals surface area contributed by atoms with E-state index in [0.29, 0.717) is 22.8 Å². The lowest BCUT2D eigenvalue weighted by Gasteiger charge is -2.24. The summed E-state index contributed by atoms with van der Waals surface area (Å²) in [6.07, 6.45) is 1.92. The van der Waals surface area contributed by atoms with Crippen molar-refractivity contribution in [2.75, 3.05) is 24.3 Å². The molecule has 18 heavy (non-hydrogen) atoms. The number of oxazole rings is 1. The molecule has 1 aliphatic rings. The van der Waals surface area contributed by atoms with Crippen LogP contribution in [-0.2, 0) is 4.74 Å². The molecule has 0 radical (unpaired) electrons. The first-order valence-electron chi connectivity index (χ1n) is 5.99.